The molecular formula is C17H27N3O. The van der Waals surface area contributed by atoms with Crippen molar-refractivity contribution in [3.05, 3.63) is 23.4 Å². The first kappa shape index (κ1) is 15.8. The van der Waals surface area contributed by atoms with Gasteiger partial charge in [-0.3, -0.25) is 4.79 Å². The second-order valence-corrected chi connectivity index (χ2v) is 6.14. The van der Waals surface area contributed by atoms with Crippen molar-refractivity contribution in [2.75, 3.05) is 18.4 Å². The Morgan fingerprint density at radius 2 is 2.10 bits per heavy atom. The normalized spacial score (nSPS) is 21.9. The van der Waals surface area contributed by atoms with Crippen molar-refractivity contribution in [2.24, 2.45) is 11.8 Å². The van der Waals surface area contributed by atoms with Gasteiger partial charge in [-0.25, -0.2) is 4.98 Å². The van der Waals surface area contributed by atoms with Gasteiger partial charge >= 0.3 is 0 Å². The van der Waals surface area contributed by atoms with Gasteiger partial charge in [0.1, 0.15) is 5.82 Å². The molecule has 2 atom stereocenters. The van der Waals surface area contributed by atoms with Gasteiger partial charge in [0.05, 0.1) is 0 Å². The Morgan fingerprint density at radius 3 is 2.81 bits per heavy atom. The van der Waals surface area contributed by atoms with Gasteiger partial charge < -0.3 is 10.6 Å². The molecule has 1 heterocycles. The second-order valence-electron chi connectivity index (χ2n) is 6.14. The number of nitrogens with zero attached hydrogens (tertiary/aromatic N) is 1. The molecular weight excluding hydrogens is 262 g/mol. The van der Waals surface area contributed by atoms with Crippen LogP contribution in [0, 0.1) is 18.8 Å². The van der Waals surface area contributed by atoms with E-state index in [0.29, 0.717) is 11.5 Å². The lowest BCUT2D eigenvalue weighted by Gasteiger charge is -2.28. The van der Waals surface area contributed by atoms with Crippen molar-refractivity contribution < 1.29 is 4.79 Å². The maximum atomic E-state index is 12.3. The molecule has 1 fully saturated rings. The molecule has 1 aromatic heterocycles. The lowest BCUT2D eigenvalue weighted by Crippen LogP contribution is -2.33. The molecule has 2 rings (SSSR count). The first-order valence-electron chi connectivity index (χ1n) is 8.11. The SMILES string of the molecule is CCNc1cc(C(=O)NCC2CCCCC2C)cc(C)n1. The van der Waals surface area contributed by atoms with Gasteiger partial charge in [0.25, 0.3) is 5.91 Å². The highest BCUT2D eigenvalue weighted by Crippen LogP contribution is 2.28. The van der Waals surface area contributed by atoms with Crippen LogP contribution in [-0.4, -0.2) is 24.0 Å². The third-order valence-electron chi connectivity index (χ3n) is 4.39. The Balaban J connectivity index is 1.96. The summed E-state index contributed by atoms with van der Waals surface area (Å²) in [5.74, 6) is 2.13. The number of amides is 1. The predicted octanol–water partition coefficient (Wildman–Crippen LogP) is 3.38. The van der Waals surface area contributed by atoms with Gasteiger partial charge in [-0.1, -0.05) is 26.2 Å². The summed E-state index contributed by atoms with van der Waals surface area (Å²) in [6.07, 6.45) is 5.16. The average molecular weight is 289 g/mol. The third-order valence-corrected chi connectivity index (χ3v) is 4.39. The van der Waals surface area contributed by atoms with Crippen molar-refractivity contribution in [3.8, 4) is 0 Å². The van der Waals surface area contributed by atoms with Gasteiger partial charge in [-0.2, -0.15) is 0 Å². The lowest BCUT2D eigenvalue weighted by atomic mass is 9.80. The average Bonchev–Trinajstić information content (AvgIpc) is 2.46. The van der Waals surface area contributed by atoms with Crippen LogP contribution in [0.5, 0.6) is 0 Å². The summed E-state index contributed by atoms with van der Waals surface area (Å²) in [5.41, 5.74) is 1.56. The molecule has 4 heteroatoms. The third kappa shape index (κ3) is 4.45. The van der Waals surface area contributed by atoms with Crippen molar-refractivity contribution in [1.82, 2.24) is 10.3 Å². The van der Waals surface area contributed by atoms with Gasteiger partial charge in [0.15, 0.2) is 0 Å². The van der Waals surface area contributed by atoms with Crippen LogP contribution in [0.2, 0.25) is 0 Å². The van der Waals surface area contributed by atoms with Crippen LogP contribution in [0.1, 0.15) is 55.6 Å². The highest BCUT2D eigenvalue weighted by Gasteiger charge is 2.21. The van der Waals surface area contributed by atoms with Gasteiger partial charge in [-0.05, 0) is 44.2 Å². The van der Waals surface area contributed by atoms with Gasteiger partial charge in [0.2, 0.25) is 0 Å². The van der Waals surface area contributed by atoms with E-state index in [-0.39, 0.29) is 5.91 Å². The number of pyridine rings is 1. The van der Waals surface area contributed by atoms with E-state index in [1.807, 2.05) is 26.0 Å². The smallest absolute Gasteiger partial charge is 0.251 e. The molecule has 116 valence electrons. The molecule has 0 bridgehead atoms. The van der Waals surface area contributed by atoms with E-state index in [1.165, 1.54) is 25.7 Å². The molecule has 1 amide bonds. The number of nitrogens with one attached hydrogen (secondary N) is 2. The molecule has 0 aromatic carbocycles. The number of aromatic nitrogens is 1. The summed E-state index contributed by atoms with van der Waals surface area (Å²) < 4.78 is 0. The van der Waals surface area contributed by atoms with Crippen LogP contribution >= 0.6 is 0 Å². The first-order chi connectivity index (χ1) is 10.1. The highest BCUT2D eigenvalue weighted by molar-refractivity contribution is 5.95. The number of carbonyl (C=O) groups is 1. The predicted molar refractivity (Wildman–Crippen MR) is 86.6 cm³/mol. The Hall–Kier alpha value is -1.58. The molecule has 21 heavy (non-hydrogen) atoms. The van der Waals surface area contributed by atoms with Crippen LogP contribution in [0.3, 0.4) is 0 Å². The van der Waals surface area contributed by atoms with Crippen molar-refractivity contribution in [3.63, 3.8) is 0 Å². The maximum Gasteiger partial charge on any atom is 0.251 e. The minimum absolute atomic E-state index is 0.0115. The molecule has 0 saturated heterocycles. The van der Waals surface area contributed by atoms with Crippen molar-refractivity contribution in [1.29, 1.82) is 0 Å². The number of rotatable bonds is 5. The molecule has 0 radical (unpaired) electrons. The van der Waals surface area contributed by atoms with E-state index in [9.17, 15) is 4.79 Å². The van der Waals surface area contributed by atoms with Crippen LogP contribution in [0.25, 0.3) is 0 Å². The number of carbonyl (C=O) groups excluding carboxylic acids is 1. The maximum absolute atomic E-state index is 12.3. The fourth-order valence-corrected chi connectivity index (χ4v) is 3.09. The van der Waals surface area contributed by atoms with Crippen LogP contribution in [0.4, 0.5) is 5.82 Å². The molecule has 1 saturated carbocycles. The molecule has 2 N–H and O–H groups in total. The summed E-state index contributed by atoms with van der Waals surface area (Å²) in [6, 6.07) is 3.68. The van der Waals surface area contributed by atoms with Crippen molar-refractivity contribution in [2.45, 2.75) is 46.5 Å². The van der Waals surface area contributed by atoms with Crippen LogP contribution in [0.15, 0.2) is 12.1 Å². The zero-order valence-corrected chi connectivity index (χ0v) is 13.4. The van der Waals surface area contributed by atoms with Gasteiger partial charge in [0, 0.05) is 24.3 Å². The Morgan fingerprint density at radius 1 is 1.33 bits per heavy atom. The first-order valence-corrected chi connectivity index (χ1v) is 8.11. The molecule has 0 aliphatic heterocycles. The fraction of sp³-hybridized carbons (Fsp3) is 0.647. The van der Waals surface area contributed by atoms with Gasteiger partial charge in [-0.15, -0.1) is 0 Å². The summed E-state index contributed by atoms with van der Waals surface area (Å²) >= 11 is 0. The Bertz CT molecular complexity index is 487. The van der Waals surface area contributed by atoms with E-state index < -0.39 is 0 Å². The molecule has 1 aromatic rings. The van der Waals surface area contributed by atoms with E-state index in [0.717, 1.165) is 30.5 Å². The summed E-state index contributed by atoms with van der Waals surface area (Å²) in [7, 11) is 0. The number of hydrogen-bond donors (Lipinski definition) is 2. The number of hydrogen-bond acceptors (Lipinski definition) is 3. The topological polar surface area (TPSA) is 54.0 Å². The van der Waals surface area contributed by atoms with E-state index in [4.69, 9.17) is 0 Å². The zero-order valence-electron chi connectivity index (χ0n) is 13.4. The monoisotopic (exact) mass is 289 g/mol. The largest absolute Gasteiger partial charge is 0.370 e. The standard InChI is InChI=1S/C17H27N3O/c1-4-18-16-10-15(9-13(3)20-16)17(21)19-11-14-8-6-5-7-12(14)2/h9-10,12,14H,4-8,11H2,1-3H3,(H,18,20)(H,19,21). The summed E-state index contributed by atoms with van der Waals surface area (Å²) in [5, 5.41) is 6.27. The molecule has 2 unspecified atom stereocenters. The number of anilines is 1. The fourth-order valence-electron chi connectivity index (χ4n) is 3.09. The zero-order chi connectivity index (χ0) is 15.2. The number of aryl methyl sites for hydroxylation is 1. The molecule has 1 aliphatic rings. The molecule has 4 nitrogen and oxygen atoms in total. The summed E-state index contributed by atoms with van der Waals surface area (Å²) in [6.45, 7) is 7.83. The quantitative estimate of drug-likeness (QED) is 0.873. The van der Waals surface area contributed by atoms with E-state index >= 15 is 0 Å². The highest BCUT2D eigenvalue weighted by atomic mass is 16.1. The Labute approximate surface area is 127 Å². The molecule has 0 spiro atoms. The minimum Gasteiger partial charge on any atom is -0.370 e. The van der Waals surface area contributed by atoms with E-state index in [2.05, 4.69) is 22.5 Å². The second kappa shape index (κ2) is 7.43. The van der Waals surface area contributed by atoms with Crippen LogP contribution in [-0.2, 0) is 0 Å². The van der Waals surface area contributed by atoms with Crippen LogP contribution < -0.4 is 10.6 Å². The van der Waals surface area contributed by atoms with E-state index in [1.54, 1.807) is 0 Å². The minimum atomic E-state index is 0.0115. The summed E-state index contributed by atoms with van der Waals surface area (Å²) in [4.78, 5) is 16.7. The van der Waals surface area contributed by atoms with Crippen molar-refractivity contribution >= 4 is 11.7 Å². The molecule has 1 aliphatic carbocycles. The Kier molecular flexibility index (Phi) is 5.59. The lowest BCUT2D eigenvalue weighted by molar-refractivity contribution is 0.0936.